The molecule has 0 amide bonds. The van der Waals surface area contributed by atoms with E-state index in [0.29, 0.717) is 6.42 Å². The summed E-state index contributed by atoms with van der Waals surface area (Å²) in [6.07, 6.45) is 4.75. The summed E-state index contributed by atoms with van der Waals surface area (Å²) in [4.78, 5) is 10.00. The molecule has 1 unspecified atom stereocenters. The van der Waals surface area contributed by atoms with Gasteiger partial charge in [-0.25, -0.2) is 4.98 Å². The number of imidazole rings is 1. The molecule has 0 saturated carbocycles. The predicted octanol–water partition coefficient (Wildman–Crippen LogP) is 2.34. The van der Waals surface area contributed by atoms with Gasteiger partial charge in [-0.3, -0.25) is 9.38 Å². The van der Waals surface area contributed by atoms with Gasteiger partial charge in [0.05, 0.1) is 17.4 Å². The van der Waals surface area contributed by atoms with Gasteiger partial charge in [0.1, 0.15) is 0 Å². The molecule has 1 atom stereocenters. The summed E-state index contributed by atoms with van der Waals surface area (Å²) in [5.74, 6) is 0. The van der Waals surface area contributed by atoms with Gasteiger partial charge in [0.25, 0.3) is 0 Å². The molecular weight excluding hydrogens is 244 g/mol. The highest BCUT2D eigenvalue weighted by molar-refractivity contribution is 7.15. The molecule has 0 aliphatic rings. The maximum absolute atomic E-state index is 6.18. The summed E-state index contributed by atoms with van der Waals surface area (Å²) in [6, 6.07) is 5.83. The lowest BCUT2D eigenvalue weighted by Gasteiger charge is -2.09. The number of pyridine rings is 1. The van der Waals surface area contributed by atoms with Crippen molar-refractivity contribution in [1.29, 1.82) is 0 Å². The Bertz CT molecular complexity index is 642. The van der Waals surface area contributed by atoms with Gasteiger partial charge >= 0.3 is 0 Å². The Morgan fingerprint density at radius 1 is 1.39 bits per heavy atom. The molecule has 0 aromatic carbocycles. The van der Waals surface area contributed by atoms with Gasteiger partial charge in [0, 0.05) is 29.9 Å². The lowest BCUT2D eigenvalue weighted by molar-refractivity contribution is 0.683. The molecule has 0 aliphatic heterocycles. The minimum Gasteiger partial charge on any atom is -0.322 e. The standard InChI is InChI=1S/C13H14N4S/c1-9-3-2-4-12(15-9)11(14)7-10-8-17-5-6-18-13(17)16-10/h2-6,8,11H,7,14H2,1H3. The topological polar surface area (TPSA) is 56.2 Å². The van der Waals surface area contributed by atoms with E-state index in [0.717, 1.165) is 22.0 Å². The first kappa shape index (κ1) is 11.4. The Morgan fingerprint density at radius 3 is 3.06 bits per heavy atom. The Labute approximate surface area is 109 Å². The van der Waals surface area contributed by atoms with Crippen molar-refractivity contribution in [1.82, 2.24) is 14.4 Å². The zero-order chi connectivity index (χ0) is 12.5. The molecule has 18 heavy (non-hydrogen) atoms. The molecule has 4 nitrogen and oxygen atoms in total. The molecule has 0 saturated heterocycles. The molecule has 0 fully saturated rings. The Hall–Kier alpha value is -1.72. The normalized spacial score (nSPS) is 13.0. The third-order valence-corrected chi connectivity index (χ3v) is 3.63. The summed E-state index contributed by atoms with van der Waals surface area (Å²) < 4.78 is 2.02. The van der Waals surface area contributed by atoms with E-state index in [2.05, 4.69) is 9.97 Å². The van der Waals surface area contributed by atoms with Crippen molar-refractivity contribution in [3.05, 3.63) is 53.1 Å². The predicted molar refractivity (Wildman–Crippen MR) is 72.7 cm³/mol. The highest BCUT2D eigenvalue weighted by Gasteiger charge is 2.11. The first-order chi connectivity index (χ1) is 8.72. The monoisotopic (exact) mass is 258 g/mol. The molecule has 0 spiro atoms. The third kappa shape index (κ3) is 2.14. The first-order valence-electron chi connectivity index (χ1n) is 5.82. The van der Waals surface area contributed by atoms with Crippen LogP contribution in [-0.2, 0) is 6.42 Å². The molecule has 3 aromatic rings. The lowest BCUT2D eigenvalue weighted by atomic mass is 10.1. The number of aromatic nitrogens is 3. The smallest absolute Gasteiger partial charge is 0.193 e. The van der Waals surface area contributed by atoms with Crippen LogP contribution in [0.25, 0.3) is 4.96 Å². The number of hydrogen-bond donors (Lipinski definition) is 1. The third-order valence-electron chi connectivity index (χ3n) is 2.86. The molecule has 5 heteroatoms. The Balaban J connectivity index is 1.81. The van der Waals surface area contributed by atoms with Gasteiger partial charge < -0.3 is 5.73 Å². The molecule has 0 radical (unpaired) electrons. The van der Waals surface area contributed by atoms with Crippen LogP contribution in [0.2, 0.25) is 0 Å². The average Bonchev–Trinajstić information content (AvgIpc) is 2.89. The number of nitrogens with two attached hydrogens (primary N) is 1. The van der Waals surface area contributed by atoms with E-state index in [1.807, 2.05) is 47.3 Å². The Kier molecular flexibility index (Phi) is 2.85. The highest BCUT2D eigenvalue weighted by atomic mass is 32.1. The molecule has 0 aliphatic carbocycles. The number of fused-ring (bicyclic) bond motifs is 1. The quantitative estimate of drug-likeness (QED) is 0.784. The van der Waals surface area contributed by atoms with Crippen LogP contribution in [0.5, 0.6) is 0 Å². The maximum atomic E-state index is 6.18. The van der Waals surface area contributed by atoms with Crippen molar-refractivity contribution in [2.75, 3.05) is 0 Å². The summed E-state index contributed by atoms with van der Waals surface area (Å²) in [7, 11) is 0. The zero-order valence-corrected chi connectivity index (χ0v) is 10.9. The number of nitrogens with zero attached hydrogens (tertiary/aromatic N) is 3. The van der Waals surface area contributed by atoms with Crippen molar-refractivity contribution in [3.63, 3.8) is 0 Å². The van der Waals surface area contributed by atoms with E-state index < -0.39 is 0 Å². The van der Waals surface area contributed by atoms with Crippen molar-refractivity contribution < 1.29 is 0 Å². The van der Waals surface area contributed by atoms with Crippen molar-refractivity contribution >= 4 is 16.3 Å². The van der Waals surface area contributed by atoms with Crippen molar-refractivity contribution in [2.24, 2.45) is 5.73 Å². The molecule has 3 aromatic heterocycles. The fourth-order valence-corrected chi connectivity index (χ4v) is 2.69. The second-order valence-corrected chi connectivity index (χ2v) is 5.21. The first-order valence-corrected chi connectivity index (χ1v) is 6.70. The van der Waals surface area contributed by atoms with Crippen LogP contribution < -0.4 is 5.73 Å². The van der Waals surface area contributed by atoms with Crippen LogP contribution >= 0.6 is 11.3 Å². The van der Waals surface area contributed by atoms with Crippen molar-refractivity contribution in [3.8, 4) is 0 Å². The van der Waals surface area contributed by atoms with Crippen LogP contribution in [0.15, 0.2) is 36.0 Å². The second kappa shape index (κ2) is 4.51. The van der Waals surface area contributed by atoms with Gasteiger partial charge in [-0.2, -0.15) is 0 Å². The van der Waals surface area contributed by atoms with Crippen LogP contribution in [0, 0.1) is 6.92 Å². The number of thiazole rings is 1. The number of hydrogen-bond acceptors (Lipinski definition) is 4. The lowest BCUT2D eigenvalue weighted by Crippen LogP contribution is -2.15. The maximum Gasteiger partial charge on any atom is 0.193 e. The fraction of sp³-hybridized carbons (Fsp3) is 0.231. The summed E-state index contributed by atoms with van der Waals surface area (Å²) in [6.45, 7) is 1.98. The number of aryl methyl sites for hydroxylation is 1. The summed E-state index contributed by atoms with van der Waals surface area (Å²) in [5.41, 5.74) is 9.11. The van der Waals surface area contributed by atoms with E-state index >= 15 is 0 Å². The van der Waals surface area contributed by atoms with Crippen LogP contribution in [0.1, 0.15) is 23.1 Å². The molecule has 0 bridgehead atoms. The number of rotatable bonds is 3. The van der Waals surface area contributed by atoms with Gasteiger partial charge in [-0.15, -0.1) is 11.3 Å². The van der Waals surface area contributed by atoms with Crippen LogP contribution in [0.3, 0.4) is 0 Å². The van der Waals surface area contributed by atoms with Gasteiger partial charge in [0.15, 0.2) is 4.96 Å². The summed E-state index contributed by atoms with van der Waals surface area (Å²) in [5, 5.41) is 2.02. The van der Waals surface area contributed by atoms with E-state index in [4.69, 9.17) is 5.73 Å². The van der Waals surface area contributed by atoms with Gasteiger partial charge in [-0.1, -0.05) is 6.07 Å². The van der Waals surface area contributed by atoms with E-state index in [9.17, 15) is 0 Å². The van der Waals surface area contributed by atoms with Crippen molar-refractivity contribution in [2.45, 2.75) is 19.4 Å². The SMILES string of the molecule is Cc1cccc(C(N)Cc2cn3ccsc3n2)n1. The van der Waals surface area contributed by atoms with E-state index in [-0.39, 0.29) is 6.04 Å². The molecule has 92 valence electrons. The van der Waals surface area contributed by atoms with Gasteiger partial charge in [0.2, 0.25) is 0 Å². The Morgan fingerprint density at radius 2 is 2.28 bits per heavy atom. The molecule has 2 N–H and O–H groups in total. The minimum absolute atomic E-state index is 0.102. The second-order valence-electron chi connectivity index (χ2n) is 4.34. The zero-order valence-electron chi connectivity index (χ0n) is 10.1. The summed E-state index contributed by atoms with van der Waals surface area (Å²) >= 11 is 1.63. The van der Waals surface area contributed by atoms with E-state index in [1.165, 1.54) is 0 Å². The molecule has 3 heterocycles. The highest BCUT2D eigenvalue weighted by Crippen LogP contribution is 2.17. The average molecular weight is 258 g/mol. The van der Waals surface area contributed by atoms with E-state index in [1.54, 1.807) is 11.3 Å². The molecule has 3 rings (SSSR count). The molecular formula is C13H14N4S. The fourth-order valence-electron chi connectivity index (χ4n) is 1.97. The van der Waals surface area contributed by atoms with Gasteiger partial charge in [-0.05, 0) is 19.1 Å². The van der Waals surface area contributed by atoms with Crippen LogP contribution in [0.4, 0.5) is 0 Å². The largest absolute Gasteiger partial charge is 0.322 e. The minimum atomic E-state index is -0.102. The van der Waals surface area contributed by atoms with Crippen LogP contribution in [-0.4, -0.2) is 14.4 Å².